The topological polar surface area (TPSA) is 109 Å². The molecule has 0 aromatic carbocycles. The minimum absolute atomic E-state index is 0.113. The molecule has 138 valence electrons. The van der Waals surface area contributed by atoms with E-state index in [9.17, 15) is 14.4 Å². The molecule has 3 heterocycles. The molecule has 3 aromatic heterocycles. The Morgan fingerprint density at radius 2 is 2.04 bits per heavy atom. The van der Waals surface area contributed by atoms with Crippen LogP contribution in [0.1, 0.15) is 26.3 Å². The molecule has 10 nitrogen and oxygen atoms in total. The molecule has 0 aliphatic rings. The predicted octanol–water partition coefficient (Wildman–Crippen LogP) is 0.240. The van der Waals surface area contributed by atoms with E-state index in [4.69, 9.17) is 0 Å². The highest BCUT2D eigenvalue weighted by atomic mass is 16.2. The van der Waals surface area contributed by atoms with Gasteiger partial charge in [-0.1, -0.05) is 6.92 Å². The first-order chi connectivity index (χ1) is 12.3. The number of fused-ring (bicyclic) bond motifs is 1. The molecule has 0 saturated carbocycles. The number of nitrogens with zero attached hydrogens (tertiary/aromatic N) is 6. The highest BCUT2D eigenvalue weighted by Crippen LogP contribution is 2.16. The number of hydrogen-bond donors (Lipinski definition) is 1. The van der Waals surface area contributed by atoms with E-state index in [0.717, 1.165) is 11.0 Å². The van der Waals surface area contributed by atoms with Crippen LogP contribution in [0, 0.1) is 0 Å². The second-order valence-electron chi connectivity index (χ2n) is 6.23. The Kier molecular flexibility index (Phi) is 4.49. The highest BCUT2D eigenvalue weighted by molar-refractivity contribution is 5.89. The molecule has 1 N–H and O–H groups in total. The zero-order chi connectivity index (χ0) is 19.0. The van der Waals surface area contributed by atoms with Crippen LogP contribution in [0.5, 0.6) is 0 Å². The Bertz CT molecular complexity index is 1090. The molecule has 0 saturated heterocycles. The average molecular weight is 359 g/mol. The number of imidazole rings is 1. The van der Waals surface area contributed by atoms with Crippen molar-refractivity contribution >= 4 is 22.9 Å². The van der Waals surface area contributed by atoms with E-state index in [1.807, 2.05) is 13.8 Å². The second kappa shape index (κ2) is 6.62. The van der Waals surface area contributed by atoms with Gasteiger partial charge in [0.15, 0.2) is 11.2 Å². The van der Waals surface area contributed by atoms with Crippen molar-refractivity contribution < 1.29 is 4.79 Å². The molecule has 1 atom stereocenters. The van der Waals surface area contributed by atoms with Crippen LogP contribution in [0.2, 0.25) is 0 Å². The van der Waals surface area contributed by atoms with Crippen LogP contribution < -0.4 is 16.6 Å². The molecular weight excluding hydrogens is 338 g/mol. The predicted molar refractivity (Wildman–Crippen MR) is 96.1 cm³/mol. The van der Waals surface area contributed by atoms with Gasteiger partial charge in [-0.05, 0) is 13.3 Å². The third-order valence-corrected chi connectivity index (χ3v) is 4.45. The van der Waals surface area contributed by atoms with E-state index >= 15 is 0 Å². The van der Waals surface area contributed by atoms with E-state index in [2.05, 4.69) is 15.4 Å². The van der Waals surface area contributed by atoms with Gasteiger partial charge in [0.1, 0.15) is 12.4 Å². The van der Waals surface area contributed by atoms with E-state index < -0.39 is 23.7 Å². The lowest BCUT2D eigenvalue weighted by atomic mass is 10.3. The van der Waals surface area contributed by atoms with E-state index in [1.165, 1.54) is 22.5 Å². The Morgan fingerprint density at radius 1 is 1.31 bits per heavy atom. The van der Waals surface area contributed by atoms with Crippen molar-refractivity contribution in [1.82, 2.24) is 28.5 Å². The number of anilines is 1. The molecule has 0 fully saturated rings. The summed E-state index contributed by atoms with van der Waals surface area (Å²) in [6.07, 6.45) is 3.90. The van der Waals surface area contributed by atoms with Gasteiger partial charge < -0.3 is 9.88 Å². The van der Waals surface area contributed by atoms with Crippen LogP contribution in [0.25, 0.3) is 11.2 Å². The Morgan fingerprint density at radius 3 is 2.73 bits per heavy atom. The molecule has 10 heteroatoms. The summed E-state index contributed by atoms with van der Waals surface area (Å²) >= 11 is 0. The van der Waals surface area contributed by atoms with Crippen molar-refractivity contribution in [2.45, 2.75) is 32.9 Å². The van der Waals surface area contributed by atoms with Crippen molar-refractivity contribution in [1.29, 1.82) is 0 Å². The summed E-state index contributed by atoms with van der Waals surface area (Å²) in [4.78, 5) is 41.6. The zero-order valence-corrected chi connectivity index (χ0v) is 15.1. The van der Waals surface area contributed by atoms with Crippen LogP contribution in [-0.4, -0.2) is 34.4 Å². The van der Waals surface area contributed by atoms with Crippen molar-refractivity contribution in [2.75, 3.05) is 5.32 Å². The van der Waals surface area contributed by atoms with E-state index in [1.54, 1.807) is 24.0 Å². The van der Waals surface area contributed by atoms with Gasteiger partial charge in [0.2, 0.25) is 5.91 Å². The van der Waals surface area contributed by atoms with Crippen molar-refractivity contribution in [3.05, 3.63) is 39.4 Å². The third kappa shape index (κ3) is 2.83. The smallest absolute Gasteiger partial charge is 0.328 e. The summed E-state index contributed by atoms with van der Waals surface area (Å²) < 4.78 is 5.39. The zero-order valence-electron chi connectivity index (χ0n) is 15.1. The molecule has 0 aliphatic heterocycles. The van der Waals surface area contributed by atoms with E-state index in [0.29, 0.717) is 5.82 Å². The maximum atomic E-state index is 12.6. The number of amides is 1. The fraction of sp³-hybridized carbons (Fsp3) is 0.438. The molecule has 3 rings (SSSR count). The number of carbonyl (C=O) groups excluding carboxylic acids is 1. The first kappa shape index (κ1) is 17.6. The summed E-state index contributed by atoms with van der Waals surface area (Å²) in [7, 11) is 3.18. The molecule has 0 bridgehead atoms. The first-order valence-electron chi connectivity index (χ1n) is 8.29. The molecule has 0 spiro atoms. The van der Waals surface area contributed by atoms with Crippen molar-refractivity contribution in [3.8, 4) is 0 Å². The standard InChI is InChI=1S/C16H21N7O3/c1-5-10(2)23-11(6-7-18-23)19-12(24)8-22-15(25)13-14(17-9-20(13)3)21(4)16(22)26/h6-7,9-10H,5,8H2,1-4H3,(H,19,24). The highest BCUT2D eigenvalue weighted by Gasteiger charge is 2.18. The maximum Gasteiger partial charge on any atom is 0.332 e. The summed E-state index contributed by atoms with van der Waals surface area (Å²) in [5, 5.41) is 6.91. The van der Waals surface area contributed by atoms with Crippen LogP contribution in [0.3, 0.4) is 0 Å². The second-order valence-corrected chi connectivity index (χ2v) is 6.23. The minimum atomic E-state index is -0.591. The van der Waals surface area contributed by atoms with Crippen LogP contribution in [0.4, 0.5) is 5.82 Å². The molecule has 1 amide bonds. The lowest BCUT2D eigenvalue weighted by Crippen LogP contribution is -2.42. The van der Waals surface area contributed by atoms with Crippen molar-refractivity contribution in [3.63, 3.8) is 0 Å². The molecule has 3 aromatic rings. The van der Waals surface area contributed by atoms with Crippen LogP contribution >= 0.6 is 0 Å². The Hall–Kier alpha value is -3.17. The van der Waals surface area contributed by atoms with Crippen LogP contribution in [0.15, 0.2) is 28.2 Å². The molecule has 1 unspecified atom stereocenters. The van der Waals surface area contributed by atoms with Crippen LogP contribution in [-0.2, 0) is 25.4 Å². The van der Waals surface area contributed by atoms with E-state index in [-0.39, 0.29) is 17.2 Å². The summed E-state index contributed by atoms with van der Waals surface area (Å²) in [5.41, 5.74) is -0.584. The molecule has 0 radical (unpaired) electrons. The fourth-order valence-electron chi connectivity index (χ4n) is 2.80. The first-order valence-corrected chi connectivity index (χ1v) is 8.29. The molecule has 0 aliphatic carbocycles. The SMILES string of the molecule is CCC(C)n1nccc1NC(=O)Cn1c(=O)c2c(ncn2C)n(C)c1=O. The van der Waals surface area contributed by atoms with Gasteiger partial charge in [-0.25, -0.2) is 19.0 Å². The Labute approximate surface area is 148 Å². The van der Waals surface area contributed by atoms with Gasteiger partial charge in [-0.2, -0.15) is 5.10 Å². The quantitative estimate of drug-likeness (QED) is 0.702. The minimum Gasteiger partial charge on any atom is -0.328 e. The van der Waals surface area contributed by atoms with Crippen molar-refractivity contribution in [2.24, 2.45) is 14.1 Å². The van der Waals surface area contributed by atoms with Gasteiger partial charge in [0.25, 0.3) is 5.56 Å². The number of nitrogens with one attached hydrogen (secondary N) is 1. The number of aryl methyl sites for hydroxylation is 2. The maximum absolute atomic E-state index is 12.6. The van der Waals surface area contributed by atoms with Gasteiger partial charge in [-0.3, -0.25) is 14.2 Å². The lowest BCUT2D eigenvalue weighted by molar-refractivity contribution is -0.116. The molecule has 26 heavy (non-hydrogen) atoms. The average Bonchev–Trinajstić information content (AvgIpc) is 3.22. The summed E-state index contributed by atoms with van der Waals surface area (Å²) in [6, 6.07) is 1.79. The monoisotopic (exact) mass is 359 g/mol. The lowest BCUT2D eigenvalue weighted by Gasteiger charge is -2.14. The largest absolute Gasteiger partial charge is 0.332 e. The summed E-state index contributed by atoms with van der Waals surface area (Å²) in [6.45, 7) is 3.61. The third-order valence-electron chi connectivity index (χ3n) is 4.45. The van der Waals surface area contributed by atoms with Gasteiger partial charge in [-0.15, -0.1) is 0 Å². The number of aromatic nitrogens is 6. The Balaban J connectivity index is 1.94. The van der Waals surface area contributed by atoms with Gasteiger partial charge in [0.05, 0.1) is 18.6 Å². The summed E-state index contributed by atoms with van der Waals surface area (Å²) in [5.74, 6) is 0.0478. The number of rotatable bonds is 5. The fourth-order valence-corrected chi connectivity index (χ4v) is 2.80. The normalized spacial score (nSPS) is 12.5. The van der Waals surface area contributed by atoms with Gasteiger partial charge in [0, 0.05) is 20.2 Å². The molecular formula is C16H21N7O3. The van der Waals surface area contributed by atoms with Gasteiger partial charge >= 0.3 is 5.69 Å². The number of hydrogen-bond acceptors (Lipinski definition) is 5. The number of carbonyl (C=O) groups is 1.